The largest absolute Gasteiger partial charge is 0.469 e. The van der Waals surface area contributed by atoms with Gasteiger partial charge in [0.1, 0.15) is 5.69 Å². The Kier molecular flexibility index (Phi) is 6.78. The molecule has 0 atom stereocenters. The predicted octanol–water partition coefficient (Wildman–Crippen LogP) is 0.892. The Bertz CT molecular complexity index is 619. The van der Waals surface area contributed by atoms with Crippen molar-refractivity contribution < 1.29 is 33.8 Å². The van der Waals surface area contributed by atoms with Crippen molar-refractivity contribution in [1.29, 1.82) is 0 Å². The lowest BCUT2D eigenvalue weighted by Gasteiger charge is -2.06. The summed E-state index contributed by atoms with van der Waals surface area (Å²) in [5.74, 6) is -1.95. The summed E-state index contributed by atoms with van der Waals surface area (Å²) in [6.45, 7) is 1.74. The second-order valence-corrected chi connectivity index (χ2v) is 4.30. The monoisotopic (exact) mass is 326 g/mol. The fraction of sp³-hybridized carbons (Fsp3) is 0.429. The van der Waals surface area contributed by atoms with Crippen molar-refractivity contribution in [3.05, 3.63) is 22.5 Å². The summed E-state index contributed by atoms with van der Waals surface area (Å²) in [6, 6.07) is 0. The average Bonchev–Trinajstić information content (AvgIpc) is 2.90. The first-order chi connectivity index (χ1) is 11.0. The smallest absolute Gasteiger partial charge is 0.354 e. The average molecular weight is 326 g/mol. The van der Waals surface area contributed by atoms with Crippen LogP contribution in [0.4, 0.5) is 0 Å². The molecule has 1 aromatic rings. The summed E-state index contributed by atoms with van der Waals surface area (Å²) >= 11 is 0. The molecular formula is C14H18N2O7. The van der Waals surface area contributed by atoms with Crippen molar-refractivity contribution in [3.63, 3.8) is 0 Å². The third-order valence-electron chi connectivity index (χ3n) is 3.00. The van der Waals surface area contributed by atoms with Gasteiger partial charge in [0.15, 0.2) is 0 Å². The molecule has 0 unspecified atom stereocenters. The summed E-state index contributed by atoms with van der Waals surface area (Å²) in [6.07, 6.45) is 0.946. The first kappa shape index (κ1) is 18.2. The number of oxime groups is 1. The van der Waals surface area contributed by atoms with Gasteiger partial charge in [-0.15, -0.1) is 0 Å². The van der Waals surface area contributed by atoms with Gasteiger partial charge < -0.3 is 24.4 Å². The highest BCUT2D eigenvalue weighted by Gasteiger charge is 2.27. The Morgan fingerprint density at radius 1 is 1.22 bits per heavy atom. The molecule has 0 radical (unpaired) electrons. The van der Waals surface area contributed by atoms with Gasteiger partial charge in [-0.3, -0.25) is 4.79 Å². The van der Waals surface area contributed by atoms with Crippen LogP contribution in [0, 0.1) is 0 Å². The Hall–Kier alpha value is -2.84. The number of carbonyl (C=O) groups is 3. The van der Waals surface area contributed by atoms with Crippen molar-refractivity contribution in [2.45, 2.75) is 19.8 Å². The molecule has 0 aliphatic heterocycles. The normalized spacial score (nSPS) is 10.6. The number of ether oxygens (including phenoxy) is 3. The first-order valence-corrected chi connectivity index (χ1v) is 6.74. The van der Waals surface area contributed by atoms with Crippen LogP contribution in [0.15, 0.2) is 5.16 Å². The lowest BCUT2D eigenvalue weighted by atomic mass is 10.0. The second kappa shape index (κ2) is 8.57. The van der Waals surface area contributed by atoms with Gasteiger partial charge in [0.2, 0.25) is 0 Å². The molecule has 1 rings (SSSR count). The number of nitrogens with one attached hydrogen (secondary N) is 1. The minimum atomic E-state index is -0.729. The SMILES string of the molecule is CCOC(=O)c1c(C=NO)[nH]c(C(=O)OC)c1CCC(=O)OC. The van der Waals surface area contributed by atoms with Crippen molar-refractivity contribution in [2.24, 2.45) is 5.16 Å². The van der Waals surface area contributed by atoms with Crippen molar-refractivity contribution >= 4 is 24.1 Å². The molecule has 1 heterocycles. The lowest BCUT2D eigenvalue weighted by Crippen LogP contribution is -2.12. The molecule has 126 valence electrons. The van der Waals surface area contributed by atoms with Gasteiger partial charge in [0.25, 0.3) is 0 Å². The summed E-state index contributed by atoms with van der Waals surface area (Å²) in [5.41, 5.74) is 0.296. The van der Waals surface area contributed by atoms with Crippen LogP contribution in [0.5, 0.6) is 0 Å². The Labute approximate surface area is 132 Å². The number of aromatic amines is 1. The van der Waals surface area contributed by atoms with Crippen LogP contribution in [-0.4, -0.2) is 55.1 Å². The molecule has 0 fully saturated rings. The van der Waals surface area contributed by atoms with Gasteiger partial charge in [-0.25, -0.2) is 9.59 Å². The highest BCUT2D eigenvalue weighted by atomic mass is 16.5. The Morgan fingerprint density at radius 2 is 1.91 bits per heavy atom. The topological polar surface area (TPSA) is 127 Å². The van der Waals surface area contributed by atoms with Crippen molar-refractivity contribution in [1.82, 2.24) is 4.98 Å². The minimum Gasteiger partial charge on any atom is -0.469 e. The highest BCUT2D eigenvalue weighted by Crippen LogP contribution is 2.22. The third kappa shape index (κ3) is 4.31. The number of methoxy groups -OCH3 is 2. The van der Waals surface area contributed by atoms with Crippen LogP contribution in [0.3, 0.4) is 0 Å². The van der Waals surface area contributed by atoms with Gasteiger partial charge >= 0.3 is 17.9 Å². The molecule has 0 saturated carbocycles. The lowest BCUT2D eigenvalue weighted by molar-refractivity contribution is -0.140. The number of carbonyl (C=O) groups excluding carboxylic acids is 3. The molecule has 0 aliphatic rings. The van der Waals surface area contributed by atoms with E-state index in [1.165, 1.54) is 14.2 Å². The van der Waals surface area contributed by atoms with Gasteiger partial charge in [-0.2, -0.15) is 0 Å². The van der Waals surface area contributed by atoms with E-state index in [9.17, 15) is 14.4 Å². The number of esters is 3. The van der Waals surface area contributed by atoms with Crippen LogP contribution < -0.4 is 0 Å². The van der Waals surface area contributed by atoms with Gasteiger partial charge in [0, 0.05) is 12.0 Å². The summed E-state index contributed by atoms with van der Waals surface area (Å²) < 4.78 is 14.1. The molecule has 23 heavy (non-hydrogen) atoms. The molecule has 0 aliphatic carbocycles. The van der Waals surface area contributed by atoms with E-state index in [4.69, 9.17) is 9.94 Å². The molecule has 9 nitrogen and oxygen atoms in total. The van der Waals surface area contributed by atoms with Crippen LogP contribution in [0.25, 0.3) is 0 Å². The Balaban J connectivity index is 3.40. The van der Waals surface area contributed by atoms with E-state index in [1.807, 2.05) is 0 Å². The number of hydrogen-bond donors (Lipinski definition) is 2. The van der Waals surface area contributed by atoms with Crippen molar-refractivity contribution in [2.75, 3.05) is 20.8 Å². The second-order valence-electron chi connectivity index (χ2n) is 4.30. The zero-order valence-corrected chi connectivity index (χ0v) is 13.0. The van der Waals surface area contributed by atoms with Gasteiger partial charge in [-0.1, -0.05) is 5.16 Å². The number of hydrogen-bond acceptors (Lipinski definition) is 8. The van der Waals surface area contributed by atoms with Gasteiger partial charge in [0.05, 0.1) is 38.3 Å². The number of nitrogens with zero attached hydrogens (tertiary/aromatic N) is 1. The van der Waals surface area contributed by atoms with Crippen molar-refractivity contribution in [3.8, 4) is 0 Å². The molecule has 0 spiro atoms. The number of rotatable bonds is 7. The molecule has 0 saturated heterocycles. The van der Waals surface area contributed by atoms with E-state index in [-0.39, 0.29) is 42.0 Å². The van der Waals surface area contributed by atoms with E-state index < -0.39 is 17.9 Å². The zero-order chi connectivity index (χ0) is 17.4. The summed E-state index contributed by atoms with van der Waals surface area (Å²) in [4.78, 5) is 38.0. The summed E-state index contributed by atoms with van der Waals surface area (Å²) in [7, 11) is 2.41. The maximum atomic E-state index is 12.1. The number of H-pyrrole nitrogens is 1. The predicted molar refractivity (Wildman–Crippen MR) is 77.8 cm³/mol. The molecule has 1 aromatic heterocycles. The molecule has 0 amide bonds. The zero-order valence-electron chi connectivity index (χ0n) is 13.0. The fourth-order valence-electron chi connectivity index (χ4n) is 2.01. The fourth-order valence-corrected chi connectivity index (χ4v) is 2.01. The van der Waals surface area contributed by atoms with E-state index >= 15 is 0 Å². The van der Waals surface area contributed by atoms with E-state index in [0.717, 1.165) is 6.21 Å². The van der Waals surface area contributed by atoms with Crippen LogP contribution in [-0.2, 0) is 25.4 Å². The molecule has 0 aromatic carbocycles. The highest BCUT2D eigenvalue weighted by molar-refractivity contribution is 6.04. The minimum absolute atomic E-state index is 0.00829. The quantitative estimate of drug-likeness (QED) is 0.250. The summed E-state index contributed by atoms with van der Waals surface area (Å²) in [5, 5.41) is 11.6. The standard InChI is InChI=1S/C14H18N2O7/c1-4-23-13(18)11-8(5-6-10(17)21-2)12(14(19)22-3)16-9(11)7-15-20/h7,16,20H,4-6H2,1-3H3. The number of aromatic nitrogens is 1. The van der Waals surface area contributed by atoms with E-state index in [1.54, 1.807) is 6.92 Å². The third-order valence-corrected chi connectivity index (χ3v) is 3.00. The maximum absolute atomic E-state index is 12.1. The molecular weight excluding hydrogens is 308 g/mol. The first-order valence-electron chi connectivity index (χ1n) is 6.74. The van der Waals surface area contributed by atoms with Crippen LogP contribution in [0.2, 0.25) is 0 Å². The maximum Gasteiger partial charge on any atom is 0.354 e. The van der Waals surface area contributed by atoms with E-state index in [2.05, 4.69) is 19.6 Å². The van der Waals surface area contributed by atoms with Crippen LogP contribution in [0.1, 0.15) is 45.4 Å². The Morgan fingerprint density at radius 3 is 2.43 bits per heavy atom. The molecule has 9 heteroatoms. The van der Waals surface area contributed by atoms with Crippen LogP contribution >= 0.6 is 0 Å². The molecule has 2 N–H and O–H groups in total. The van der Waals surface area contributed by atoms with Gasteiger partial charge in [-0.05, 0) is 13.3 Å². The van der Waals surface area contributed by atoms with E-state index in [0.29, 0.717) is 0 Å². The molecule has 0 bridgehead atoms.